The van der Waals surface area contributed by atoms with Crippen LogP contribution in [0.5, 0.6) is 5.75 Å². The summed E-state index contributed by atoms with van der Waals surface area (Å²) < 4.78 is 5.94. The average molecular weight is 358 g/mol. The summed E-state index contributed by atoms with van der Waals surface area (Å²) in [5.74, 6) is 0.919. The van der Waals surface area contributed by atoms with Crippen LogP contribution < -0.4 is 4.74 Å². The summed E-state index contributed by atoms with van der Waals surface area (Å²) in [6.07, 6.45) is 3.37. The maximum atomic E-state index is 5.98. The molecule has 3 heteroatoms. The van der Waals surface area contributed by atoms with Crippen molar-refractivity contribution in [2.24, 2.45) is 0 Å². The van der Waals surface area contributed by atoms with Gasteiger partial charge in [-0.05, 0) is 48.2 Å². The fourth-order valence-electron chi connectivity index (χ4n) is 2.81. The van der Waals surface area contributed by atoms with Gasteiger partial charge in [0.15, 0.2) is 0 Å². The van der Waals surface area contributed by atoms with E-state index in [1.807, 2.05) is 39.0 Å². The number of rotatable bonds is 5. The Bertz CT molecular complexity index is 682. The smallest absolute Gasteiger partial charge is 0.122 e. The van der Waals surface area contributed by atoms with Crippen LogP contribution in [0.2, 0.25) is 5.02 Å². The van der Waals surface area contributed by atoms with Crippen LogP contribution in [-0.4, -0.2) is 24.6 Å². The van der Waals surface area contributed by atoms with Crippen LogP contribution in [0.25, 0.3) is 0 Å². The zero-order valence-electron chi connectivity index (χ0n) is 15.5. The number of nitrogens with zero attached hydrogens (tertiary/aromatic N) is 1. The van der Waals surface area contributed by atoms with Gasteiger partial charge in [-0.1, -0.05) is 61.9 Å². The van der Waals surface area contributed by atoms with Crippen LogP contribution in [0.3, 0.4) is 0 Å². The van der Waals surface area contributed by atoms with Gasteiger partial charge in [0.05, 0.1) is 0 Å². The zero-order valence-corrected chi connectivity index (χ0v) is 16.2. The second-order valence-corrected chi connectivity index (χ2v) is 6.47. The summed E-state index contributed by atoms with van der Waals surface area (Å²) >= 11 is 5.98. The van der Waals surface area contributed by atoms with Crippen molar-refractivity contribution in [1.82, 2.24) is 4.90 Å². The van der Waals surface area contributed by atoms with E-state index in [2.05, 4.69) is 41.3 Å². The molecule has 0 atom stereocenters. The maximum absolute atomic E-state index is 5.98. The first-order valence-corrected chi connectivity index (χ1v) is 9.41. The molecule has 1 aliphatic heterocycles. The first-order chi connectivity index (χ1) is 12.2. The molecule has 0 amide bonds. The Morgan fingerprint density at radius 1 is 1.08 bits per heavy atom. The zero-order chi connectivity index (χ0) is 18.1. The highest BCUT2D eigenvalue weighted by Crippen LogP contribution is 2.23. The van der Waals surface area contributed by atoms with Gasteiger partial charge in [-0.25, -0.2) is 0 Å². The minimum absolute atomic E-state index is 0.668. The maximum Gasteiger partial charge on any atom is 0.122 e. The van der Waals surface area contributed by atoms with Crippen molar-refractivity contribution in [1.29, 1.82) is 0 Å². The highest BCUT2D eigenvalue weighted by molar-refractivity contribution is 6.30. The molecule has 0 saturated heterocycles. The third-order valence-electron chi connectivity index (χ3n) is 4.19. The Morgan fingerprint density at radius 3 is 2.48 bits per heavy atom. The molecule has 0 N–H and O–H groups in total. The number of hydrogen-bond acceptors (Lipinski definition) is 2. The van der Waals surface area contributed by atoms with E-state index in [-0.39, 0.29) is 0 Å². The Hall–Kier alpha value is -1.77. The number of aryl methyl sites for hydroxylation is 1. The molecule has 25 heavy (non-hydrogen) atoms. The van der Waals surface area contributed by atoms with Crippen molar-refractivity contribution in [3.05, 3.63) is 76.3 Å². The number of hydrogen-bond donors (Lipinski definition) is 0. The lowest BCUT2D eigenvalue weighted by atomic mass is 10.1. The Morgan fingerprint density at radius 2 is 1.84 bits per heavy atom. The summed E-state index contributed by atoms with van der Waals surface area (Å²) in [4.78, 5) is 2.46. The molecule has 134 valence electrons. The molecule has 0 unspecified atom stereocenters. The van der Waals surface area contributed by atoms with Gasteiger partial charge < -0.3 is 4.74 Å². The van der Waals surface area contributed by atoms with Gasteiger partial charge in [-0.3, -0.25) is 4.90 Å². The number of halogens is 1. The van der Waals surface area contributed by atoms with Gasteiger partial charge in [0, 0.05) is 24.7 Å². The highest BCUT2D eigenvalue weighted by atomic mass is 35.5. The van der Waals surface area contributed by atoms with Crippen molar-refractivity contribution in [3.8, 4) is 5.75 Å². The highest BCUT2D eigenvalue weighted by Gasteiger charge is 2.12. The van der Waals surface area contributed by atoms with Gasteiger partial charge in [0.2, 0.25) is 0 Å². The average Bonchev–Trinajstić information content (AvgIpc) is 2.65. The molecule has 0 aromatic heterocycles. The molecule has 1 heterocycles. The Labute approximate surface area is 157 Å². The van der Waals surface area contributed by atoms with Crippen LogP contribution in [-0.2, 0) is 6.54 Å². The molecular formula is C22H28ClNO. The van der Waals surface area contributed by atoms with Crippen LogP contribution in [0.1, 0.15) is 31.4 Å². The van der Waals surface area contributed by atoms with Crippen molar-refractivity contribution in [2.75, 3.05) is 19.7 Å². The minimum atomic E-state index is 0.668. The first-order valence-electron chi connectivity index (χ1n) is 9.04. The van der Waals surface area contributed by atoms with Gasteiger partial charge in [-0.15, -0.1) is 0 Å². The lowest BCUT2D eigenvalue weighted by molar-refractivity contribution is 0.270. The second-order valence-electron chi connectivity index (χ2n) is 6.03. The van der Waals surface area contributed by atoms with E-state index in [0.717, 1.165) is 42.4 Å². The molecule has 2 aromatic rings. The minimum Gasteiger partial charge on any atom is -0.489 e. The number of ether oxygens (including phenoxy) is 1. The predicted octanol–water partition coefficient (Wildman–Crippen LogP) is 5.89. The molecule has 0 saturated carbocycles. The molecule has 0 spiro atoms. The van der Waals surface area contributed by atoms with Crippen LogP contribution in [0.4, 0.5) is 0 Å². The lowest BCUT2D eigenvalue weighted by Gasteiger charge is -2.26. The normalized spacial score (nSPS) is 14.3. The molecular weight excluding hydrogens is 330 g/mol. The Kier molecular flexibility index (Phi) is 8.03. The van der Waals surface area contributed by atoms with Crippen molar-refractivity contribution < 1.29 is 4.74 Å². The largest absolute Gasteiger partial charge is 0.489 e. The molecule has 1 aliphatic rings. The van der Waals surface area contributed by atoms with Gasteiger partial charge >= 0.3 is 0 Å². The molecule has 2 aromatic carbocycles. The van der Waals surface area contributed by atoms with Crippen molar-refractivity contribution in [2.45, 2.75) is 33.7 Å². The molecule has 3 rings (SSSR count). The SMILES string of the molecule is CC.Cc1cc(Cl)ccc1OCC1=CCN(Cc2ccccc2)CC1. The third-order valence-corrected chi connectivity index (χ3v) is 4.42. The van der Waals surface area contributed by atoms with E-state index in [1.54, 1.807) is 0 Å². The fourth-order valence-corrected chi connectivity index (χ4v) is 3.04. The van der Waals surface area contributed by atoms with E-state index >= 15 is 0 Å². The predicted molar refractivity (Wildman–Crippen MR) is 107 cm³/mol. The van der Waals surface area contributed by atoms with Gasteiger partial charge in [0.1, 0.15) is 12.4 Å². The van der Waals surface area contributed by atoms with Crippen LogP contribution >= 0.6 is 11.6 Å². The topological polar surface area (TPSA) is 12.5 Å². The molecule has 0 bridgehead atoms. The van der Waals surface area contributed by atoms with Gasteiger partial charge in [0.25, 0.3) is 0 Å². The van der Waals surface area contributed by atoms with Crippen LogP contribution in [0, 0.1) is 6.92 Å². The van der Waals surface area contributed by atoms with E-state index in [4.69, 9.17) is 16.3 Å². The standard InChI is InChI=1S/C20H22ClNO.C2H6/c1-16-13-19(21)7-8-20(16)23-15-18-9-11-22(12-10-18)14-17-5-3-2-4-6-17;1-2/h2-9,13H,10-12,14-15H2,1H3;1-2H3. The third kappa shape index (κ3) is 6.22. The van der Waals surface area contributed by atoms with E-state index in [9.17, 15) is 0 Å². The first kappa shape index (κ1) is 19.6. The van der Waals surface area contributed by atoms with Crippen molar-refractivity contribution >= 4 is 11.6 Å². The summed E-state index contributed by atoms with van der Waals surface area (Å²) in [5.41, 5.74) is 3.83. The number of benzene rings is 2. The lowest BCUT2D eigenvalue weighted by Crippen LogP contribution is -2.29. The Balaban J connectivity index is 0.00000109. The summed E-state index contributed by atoms with van der Waals surface area (Å²) in [6, 6.07) is 16.4. The molecule has 2 nitrogen and oxygen atoms in total. The second kappa shape index (κ2) is 10.3. The van der Waals surface area contributed by atoms with E-state index < -0.39 is 0 Å². The summed E-state index contributed by atoms with van der Waals surface area (Å²) in [6.45, 7) is 9.79. The van der Waals surface area contributed by atoms with Crippen LogP contribution in [0.15, 0.2) is 60.2 Å². The molecule has 0 fully saturated rings. The van der Waals surface area contributed by atoms with E-state index in [0.29, 0.717) is 6.61 Å². The molecule has 0 radical (unpaired) electrons. The van der Waals surface area contributed by atoms with E-state index in [1.165, 1.54) is 11.1 Å². The molecule has 0 aliphatic carbocycles. The fraction of sp³-hybridized carbons (Fsp3) is 0.364. The summed E-state index contributed by atoms with van der Waals surface area (Å²) in [5, 5.41) is 0.753. The quantitative estimate of drug-likeness (QED) is 0.619. The summed E-state index contributed by atoms with van der Waals surface area (Å²) in [7, 11) is 0. The monoisotopic (exact) mass is 357 g/mol. The van der Waals surface area contributed by atoms with Gasteiger partial charge in [-0.2, -0.15) is 0 Å². The van der Waals surface area contributed by atoms with Crippen molar-refractivity contribution in [3.63, 3.8) is 0 Å².